The molecule has 0 aliphatic carbocycles. The third-order valence-corrected chi connectivity index (χ3v) is 3.74. The molecule has 3 nitrogen and oxygen atoms in total. The molecule has 1 heterocycles. The fourth-order valence-electron chi connectivity index (χ4n) is 2.71. The lowest BCUT2D eigenvalue weighted by atomic mass is 10.0. The molecule has 1 aromatic carbocycles. The van der Waals surface area contributed by atoms with Crippen LogP contribution in [0.25, 0.3) is 0 Å². The number of piperidine rings is 1. The molecular formula is C15H24N2O. The number of likely N-dealkylation sites (tertiary alicyclic amines) is 1. The van der Waals surface area contributed by atoms with E-state index >= 15 is 0 Å². The van der Waals surface area contributed by atoms with Crippen molar-refractivity contribution >= 4 is 0 Å². The molecule has 1 aliphatic heterocycles. The first kappa shape index (κ1) is 13.4. The molecule has 1 atom stereocenters. The van der Waals surface area contributed by atoms with E-state index in [4.69, 9.17) is 4.74 Å². The Kier molecular flexibility index (Phi) is 4.61. The summed E-state index contributed by atoms with van der Waals surface area (Å²) >= 11 is 0. The molecule has 1 unspecified atom stereocenters. The molecule has 0 bridgehead atoms. The number of nitrogens with one attached hydrogen (secondary N) is 1. The Morgan fingerprint density at radius 1 is 1.44 bits per heavy atom. The maximum Gasteiger partial charge on any atom is 0.123 e. The number of aryl methyl sites for hydroxylation is 1. The van der Waals surface area contributed by atoms with Gasteiger partial charge in [-0.2, -0.15) is 0 Å². The number of ether oxygens (including phenoxy) is 1. The number of rotatable bonds is 4. The summed E-state index contributed by atoms with van der Waals surface area (Å²) in [6.45, 7) is 5.45. The Morgan fingerprint density at radius 3 is 3.00 bits per heavy atom. The van der Waals surface area contributed by atoms with Crippen LogP contribution in [0.4, 0.5) is 0 Å². The van der Waals surface area contributed by atoms with Gasteiger partial charge in [-0.25, -0.2) is 0 Å². The van der Waals surface area contributed by atoms with Crippen molar-refractivity contribution in [2.24, 2.45) is 0 Å². The van der Waals surface area contributed by atoms with E-state index in [9.17, 15) is 0 Å². The van der Waals surface area contributed by atoms with Gasteiger partial charge in [0.15, 0.2) is 0 Å². The van der Waals surface area contributed by atoms with Gasteiger partial charge in [0, 0.05) is 24.7 Å². The summed E-state index contributed by atoms with van der Waals surface area (Å²) in [5, 5.41) is 3.39. The van der Waals surface area contributed by atoms with E-state index in [-0.39, 0.29) is 0 Å². The van der Waals surface area contributed by atoms with Crippen molar-refractivity contribution in [2.45, 2.75) is 32.4 Å². The van der Waals surface area contributed by atoms with Crippen LogP contribution in [-0.2, 0) is 6.54 Å². The van der Waals surface area contributed by atoms with Gasteiger partial charge in [0.05, 0.1) is 7.11 Å². The van der Waals surface area contributed by atoms with Crippen LogP contribution in [-0.4, -0.2) is 38.2 Å². The summed E-state index contributed by atoms with van der Waals surface area (Å²) in [5.74, 6) is 1.01. The maximum absolute atomic E-state index is 5.45. The highest BCUT2D eigenvalue weighted by atomic mass is 16.5. The molecule has 1 aromatic rings. The summed E-state index contributed by atoms with van der Waals surface area (Å²) in [6, 6.07) is 7.05. The van der Waals surface area contributed by atoms with Gasteiger partial charge in [0.2, 0.25) is 0 Å². The van der Waals surface area contributed by atoms with Crippen molar-refractivity contribution in [2.75, 3.05) is 27.2 Å². The van der Waals surface area contributed by atoms with E-state index in [2.05, 4.69) is 42.4 Å². The minimum Gasteiger partial charge on any atom is -0.496 e. The summed E-state index contributed by atoms with van der Waals surface area (Å²) in [4.78, 5) is 2.52. The Bertz CT molecular complexity index is 392. The molecule has 0 aromatic heterocycles. The van der Waals surface area contributed by atoms with Crippen molar-refractivity contribution in [1.82, 2.24) is 10.2 Å². The van der Waals surface area contributed by atoms with Crippen LogP contribution in [0.2, 0.25) is 0 Å². The van der Waals surface area contributed by atoms with Crippen molar-refractivity contribution in [3.05, 3.63) is 29.3 Å². The van der Waals surface area contributed by atoms with Crippen LogP contribution >= 0.6 is 0 Å². The molecule has 0 saturated carbocycles. The summed E-state index contributed by atoms with van der Waals surface area (Å²) in [5.41, 5.74) is 2.60. The molecule has 1 N–H and O–H groups in total. The predicted molar refractivity (Wildman–Crippen MR) is 75.1 cm³/mol. The van der Waals surface area contributed by atoms with Crippen molar-refractivity contribution in [3.63, 3.8) is 0 Å². The van der Waals surface area contributed by atoms with Crippen molar-refractivity contribution in [3.8, 4) is 5.75 Å². The highest BCUT2D eigenvalue weighted by Crippen LogP contribution is 2.23. The molecule has 1 saturated heterocycles. The van der Waals surface area contributed by atoms with Crippen LogP contribution in [0.3, 0.4) is 0 Å². The quantitative estimate of drug-likeness (QED) is 0.884. The number of methoxy groups -OCH3 is 1. The van der Waals surface area contributed by atoms with Gasteiger partial charge in [-0.3, -0.25) is 4.90 Å². The lowest BCUT2D eigenvalue weighted by Gasteiger charge is -2.32. The zero-order valence-corrected chi connectivity index (χ0v) is 11.7. The van der Waals surface area contributed by atoms with Crippen LogP contribution in [0, 0.1) is 6.92 Å². The van der Waals surface area contributed by atoms with Crippen LogP contribution < -0.4 is 10.1 Å². The average Bonchev–Trinajstić information content (AvgIpc) is 2.39. The molecule has 0 spiro atoms. The SMILES string of the molecule is CNC1CCCN(Cc2cc(C)ccc2OC)C1. The van der Waals surface area contributed by atoms with Gasteiger partial charge in [0.25, 0.3) is 0 Å². The standard InChI is InChI=1S/C15H24N2O/c1-12-6-7-15(18-3)13(9-12)10-17-8-4-5-14(11-17)16-2/h6-7,9,14,16H,4-5,8,10-11H2,1-3H3. The number of hydrogen-bond donors (Lipinski definition) is 1. The van der Waals surface area contributed by atoms with Crippen LogP contribution in [0.1, 0.15) is 24.0 Å². The molecule has 0 amide bonds. The zero-order chi connectivity index (χ0) is 13.0. The lowest BCUT2D eigenvalue weighted by molar-refractivity contribution is 0.186. The number of likely N-dealkylation sites (N-methyl/N-ethyl adjacent to an activating group) is 1. The minimum atomic E-state index is 0.634. The smallest absolute Gasteiger partial charge is 0.123 e. The largest absolute Gasteiger partial charge is 0.496 e. The van der Waals surface area contributed by atoms with E-state index in [1.54, 1.807) is 7.11 Å². The molecular weight excluding hydrogens is 224 g/mol. The Labute approximate surface area is 110 Å². The van der Waals surface area contributed by atoms with Crippen LogP contribution in [0.15, 0.2) is 18.2 Å². The van der Waals surface area contributed by atoms with Crippen LogP contribution in [0.5, 0.6) is 5.75 Å². The van der Waals surface area contributed by atoms with Crippen molar-refractivity contribution in [1.29, 1.82) is 0 Å². The van der Waals surface area contributed by atoms with Gasteiger partial charge in [0.1, 0.15) is 5.75 Å². The Balaban J connectivity index is 2.06. The van der Waals surface area contributed by atoms with E-state index in [1.807, 2.05) is 0 Å². The molecule has 18 heavy (non-hydrogen) atoms. The maximum atomic E-state index is 5.45. The predicted octanol–water partition coefficient (Wildman–Crippen LogP) is 2.19. The molecule has 1 fully saturated rings. The van der Waals surface area contributed by atoms with Gasteiger partial charge in [-0.1, -0.05) is 17.7 Å². The topological polar surface area (TPSA) is 24.5 Å². The normalized spacial score (nSPS) is 20.9. The summed E-state index contributed by atoms with van der Waals surface area (Å²) in [6.07, 6.45) is 2.57. The Morgan fingerprint density at radius 2 is 2.28 bits per heavy atom. The molecule has 100 valence electrons. The first-order valence-corrected chi connectivity index (χ1v) is 6.76. The second-order valence-electron chi connectivity index (χ2n) is 5.18. The first-order valence-electron chi connectivity index (χ1n) is 6.76. The average molecular weight is 248 g/mol. The van der Waals surface area contributed by atoms with Gasteiger partial charge < -0.3 is 10.1 Å². The number of nitrogens with zero attached hydrogens (tertiary/aromatic N) is 1. The van der Waals surface area contributed by atoms with E-state index in [0.717, 1.165) is 18.8 Å². The highest BCUT2D eigenvalue weighted by molar-refractivity contribution is 5.36. The third-order valence-electron chi connectivity index (χ3n) is 3.74. The molecule has 3 heteroatoms. The monoisotopic (exact) mass is 248 g/mol. The van der Waals surface area contributed by atoms with E-state index < -0.39 is 0 Å². The fraction of sp³-hybridized carbons (Fsp3) is 0.600. The van der Waals surface area contributed by atoms with Gasteiger partial charge >= 0.3 is 0 Å². The number of hydrogen-bond acceptors (Lipinski definition) is 3. The Hall–Kier alpha value is -1.06. The second-order valence-corrected chi connectivity index (χ2v) is 5.18. The van der Waals surface area contributed by atoms with Gasteiger partial charge in [-0.05, 0) is 39.4 Å². The fourth-order valence-corrected chi connectivity index (χ4v) is 2.71. The van der Waals surface area contributed by atoms with Gasteiger partial charge in [-0.15, -0.1) is 0 Å². The summed E-state index contributed by atoms with van der Waals surface area (Å²) < 4.78 is 5.45. The van der Waals surface area contributed by atoms with E-state index in [0.29, 0.717) is 6.04 Å². The first-order chi connectivity index (χ1) is 8.72. The molecule has 1 aliphatic rings. The number of benzene rings is 1. The molecule has 2 rings (SSSR count). The minimum absolute atomic E-state index is 0.634. The third kappa shape index (κ3) is 3.24. The molecule has 0 radical (unpaired) electrons. The van der Waals surface area contributed by atoms with Crippen molar-refractivity contribution < 1.29 is 4.74 Å². The van der Waals surface area contributed by atoms with E-state index in [1.165, 1.54) is 30.5 Å². The second kappa shape index (κ2) is 6.21. The lowest BCUT2D eigenvalue weighted by Crippen LogP contribution is -2.43. The zero-order valence-electron chi connectivity index (χ0n) is 11.7. The highest BCUT2D eigenvalue weighted by Gasteiger charge is 2.19. The summed E-state index contributed by atoms with van der Waals surface area (Å²) in [7, 11) is 3.81.